The Morgan fingerprint density at radius 1 is 1.06 bits per heavy atom. The number of H-pyrrole nitrogens is 1. The summed E-state index contributed by atoms with van der Waals surface area (Å²) in [5.41, 5.74) is 2.53. The Balaban J connectivity index is 1.81. The fraction of sp³-hybridized carbons (Fsp3) is 0.308. The minimum Gasteiger partial charge on any atom is -0.391 e. The summed E-state index contributed by atoms with van der Waals surface area (Å²) in [6.07, 6.45) is -4.71. The van der Waals surface area contributed by atoms with Gasteiger partial charge in [0.2, 0.25) is 0 Å². The molecule has 35 heavy (non-hydrogen) atoms. The number of aryl methyl sites for hydroxylation is 3. The Hall–Kier alpha value is -3.59. The number of benzene rings is 2. The average Bonchev–Trinajstić information content (AvgIpc) is 3.38. The molecule has 182 valence electrons. The Morgan fingerprint density at radius 3 is 2.40 bits per heavy atom. The monoisotopic (exact) mass is 482 g/mol. The van der Waals surface area contributed by atoms with Crippen LogP contribution in [-0.2, 0) is 6.18 Å². The van der Waals surface area contributed by atoms with Gasteiger partial charge in [0.05, 0.1) is 17.4 Å². The highest BCUT2D eigenvalue weighted by molar-refractivity contribution is 5.93. The number of β-amino-alcohol motifs (C(OH)–C–C–N with tert-alkyl or cyclic N) is 1. The minimum absolute atomic E-state index is 0.196. The quantitative estimate of drug-likeness (QED) is 0.436. The smallest absolute Gasteiger partial charge is 0.391 e. The van der Waals surface area contributed by atoms with E-state index in [-0.39, 0.29) is 11.2 Å². The third kappa shape index (κ3) is 4.20. The molecule has 6 nitrogen and oxygen atoms in total. The topological polar surface area (TPSA) is 74.2 Å². The lowest BCUT2D eigenvalue weighted by Gasteiger charge is -2.21. The number of hydrogen-bond donors (Lipinski definition) is 2. The summed E-state index contributed by atoms with van der Waals surface area (Å²) < 4.78 is 43.1. The molecule has 0 aliphatic carbocycles. The molecule has 0 spiro atoms. The fourth-order valence-corrected chi connectivity index (χ4v) is 4.85. The van der Waals surface area contributed by atoms with Gasteiger partial charge >= 0.3 is 6.18 Å². The zero-order valence-electron chi connectivity index (χ0n) is 19.6. The summed E-state index contributed by atoms with van der Waals surface area (Å²) in [6, 6.07) is 11.3. The van der Waals surface area contributed by atoms with E-state index in [1.165, 1.54) is 12.1 Å². The zero-order valence-corrected chi connectivity index (χ0v) is 19.6. The van der Waals surface area contributed by atoms with Crippen molar-refractivity contribution in [3.05, 3.63) is 75.2 Å². The summed E-state index contributed by atoms with van der Waals surface area (Å²) >= 11 is 0. The van der Waals surface area contributed by atoms with Crippen molar-refractivity contribution in [1.29, 1.82) is 0 Å². The highest BCUT2D eigenvalue weighted by Crippen LogP contribution is 2.37. The molecule has 1 unspecified atom stereocenters. The van der Waals surface area contributed by atoms with Crippen molar-refractivity contribution in [3.8, 4) is 16.9 Å². The van der Waals surface area contributed by atoms with E-state index in [4.69, 9.17) is 0 Å². The molecule has 2 N–H and O–H groups in total. The summed E-state index contributed by atoms with van der Waals surface area (Å²) in [5, 5.41) is 15.0. The Bertz CT molecular complexity index is 1480. The van der Waals surface area contributed by atoms with Crippen LogP contribution in [0.4, 0.5) is 18.9 Å². The highest BCUT2D eigenvalue weighted by Gasteiger charge is 2.36. The Labute approximate surface area is 199 Å². The van der Waals surface area contributed by atoms with Crippen LogP contribution in [0.15, 0.2) is 47.3 Å². The first-order valence-corrected chi connectivity index (χ1v) is 11.4. The predicted octanol–water partition coefficient (Wildman–Crippen LogP) is 4.90. The van der Waals surface area contributed by atoms with Crippen LogP contribution in [-0.4, -0.2) is 39.1 Å². The first-order chi connectivity index (χ1) is 16.5. The molecule has 1 aliphatic heterocycles. The first kappa shape index (κ1) is 23.2. The van der Waals surface area contributed by atoms with Crippen LogP contribution in [0.2, 0.25) is 0 Å². The number of hydrogen-bond acceptors (Lipinski definition) is 4. The van der Waals surface area contributed by atoms with Crippen LogP contribution in [0, 0.1) is 20.8 Å². The normalized spacial score (nSPS) is 16.4. The van der Waals surface area contributed by atoms with E-state index in [0.717, 1.165) is 21.9 Å². The molecule has 2 aromatic heterocycles. The van der Waals surface area contributed by atoms with E-state index in [1.54, 1.807) is 13.0 Å². The van der Waals surface area contributed by atoms with E-state index in [0.29, 0.717) is 47.5 Å². The molecule has 1 fully saturated rings. The Kier molecular flexibility index (Phi) is 5.47. The van der Waals surface area contributed by atoms with Gasteiger partial charge in [-0.15, -0.1) is 0 Å². The van der Waals surface area contributed by atoms with Gasteiger partial charge in [0.25, 0.3) is 5.56 Å². The van der Waals surface area contributed by atoms with E-state index in [2.05, 4.69) is 10.1 Å². The maximum absolute atomic E-state index is 14.1. The summed E-state index contributed by atoms with van der Waals surface area (Å²) in [6.45, 7) is 6.48. The average molecular weight is 483 g/mol. The van der Waals surface area contributed by atoms with Crippen LogP contribution >= 0.6 is 0 Å². The lowest BCUT2D eigenvalue weighted by atomic mass is 10.0. The number of anilines is 1. The van der Waals surface area contributed by atoms with Crippen LogP contribution in [0.25, 0.3) is 27.8 Å². The van der Waals surface area contributed by atoms with Gasteiger partial charge in [0, 0.05) is 35.4 Å². The third-order valence-corrected chi connectivity index (χ3v) is 6.35. The lowest BCUT2D eigenvalue weighted by Crippen LogP contribution is -2.26. The number of aromatic amines is 1. The molecule has 0 amide bonds. The van der Waals surface area contributed by atoms with Gasteiger partial charge in [-0.25, -0.2) is 0 Å². The van der Waals surface area contributed by atoms with Crippen molar-refractivity contribution in [1.82, 2.24) is 14.8 Å². The van der Waals surface area contributed by atoms with E-state index < -0.39 is 23.4 Å². The van der Waals surface area contributed by atoms with Crippen LogP contribution in [0.5, 0.6) is 0 Å². The SMILES string of the molecule is Cc1cc(C)cc(-c2nn(-c3cc(N4CCC(O)C4)ccc3C(F)(F)F)c(=O)c3[nH]c(C)cc23)c1. The second-order valence-electron chi connectivity index (χ2n) is 9.27. The number of nitrogens with one attached hydrogen (secondary N) is 1. The summed E-state index contributed by atoms with van der Waals surface area (Å²) in [4.78, 5) is 18.3. The highest BCUT2D eigenvalue weighted by atomic mass is 19.4. The largest absolute Gasteiger partial charge is 0.418 e. The van der Waals surface area contributed by atoms with Crippen molar-refractivity contribution in [2.24, 2.45) is 0 Å². The van der Waals surface area contributed by atoms with Gasteiger partial charge in [0.1, 0.15) is 11.2 Å². The predicted molar refractivity (Wildman–Crippen MR) is 129 cm³/mol. The van der Waals surface area contributed by atoms with Gasteiger partial charge in [-0.05, 0) is 63.6 Å². The number of nitrogens with zero attached hydrogens (tertiary/aromatic N) is 3. The van der Waals surface area contributed by atoms with Crippen LogP contribution < -0.4 is 10.5 Å². The third-order valence-electron chi connectivity index (χ3n) is 6.35. The van der Waals surface area contributed by atoms with Crippen molar-refractivity contribution in [3.63, 3.8) is 0 Å². The molecule has 4 aromatic rings. The van der Waals surface area contributed by atoms with Crippen molar-refractivity contribution in [2.45, 2.75) is 39.5 Å². The molecule has 5 rings (SSSR count). The van der Waals surface area contributed by atoms with Gasteiger partial charge in [-0.2, -0.15) is 23.0 Å². The number of aliphatic hydroxyl groups is 1. The molecule has 0 bridgehead atoms. The number of fused-ring (bicyclic) bond motifs is 1. The number of halogens is 3. The minimum atomic E-state index is -4.69. The lowest BCUT2D eigenvalue weighted by molar-refractivity contribution is -0.137. The van der Waals surface area contributed by atoms with Gasteiger partial charge in [-0.3, -0.25) is 4.79 Å². The standard InChI is InChI=1S/C26H25F3N4O2/c1-14-8-15(2)10-17(9-14)23-20-11-16(3)30-24(20)25(35)33(31-23)22-12-18(32-7-6-19(34)13-32)4-5-21(22)26(27,28)29/h4-5,8-12,19,30,34H,6-7,13H2,1-3H3. The molecular weight excluding hydrogens is 457 g/mol. The van der Waals surface area contributed by atoms with Crippen molar-refractivity contribution < 1.29 is 18.3 Å². The Morgan fingerprint density at radius 2 is 1.77 bits per heavy atom. The maximum atomic E-state index is 14.1. The maximum Gasteiger partial charge on any atom is 0.418 e. The molecule has 0 radical (unpaired) electrons. The van der Waals surface area contributed by atoms with Gasteiger partial charge < -0.3 is 15.0 Å². The number of aliphatic hydroxyl groups excluding tert-OH is 1. The van der Waals surface area contributed by atoms with Crippen molar-refractivity contribution >= 4 is 16.6 Å². The number of alkyl halides is 3. The van der Waals surface area contributed by atoms with Crippen LogP contribution in [0.3, 0.4) is 0 Å². The molecule has 3 heterocycles. The molecule has 1 saturated heterocycles. The number of aromatic nitrogens is 3. The molecule has 0 saturated carbocycles. The molecule has 1 atom stereocenters. The first-order valence-electron chi connectivity index (χ1n) is 11.4. The summed E-state index contributed by atoms with van der Waals surface area (Å²) in [7, 11) is 0. The second kappa shape index (κ2) is 8.27. The molecule has 9 heteroatoms. The van der Waals surface area contributed by atoms with E-state index >= 15 is 0 Å². The van der Waals surface area contributed by atoms with Crippen molar-refractivity contribution in [2.75, 3.05) is 18.0 Å². The fourth-order valence-electron chi connectivity index (χ4n) is 4.85. The number of rotatable bonds is 3. The molecular formula is C26H25F3N4O2. The van der Waals surface area contributed by atoms with E-state index in [9.17, 15) is 23.1 Å². The van der Waals surface area contributed by atoms with Gasteiger partial charge in [0.15, 0.2) is 0 Å². The summed E-state index contributed by atoms with van der Waals surface area (Å²) in [5.74, 6) is 0. The van der Waals surface area contributed by atoms with Gasteiger partial charge in [-0.1, -0.05) is 17.2 Å². The molecule has 1 aliphatic rings. The molecule has 2 aromatic carbocycles. The zero-order chi connectivity index (χ0) is 25.1. The second-order valence-corrected chi connectivity index (χ2v) is 9.27. The van der Waals surface area contributed by atoms with E-state index in [1.807, 2.05) is 36.9 Å². The van der Waals surface area contributed by atoms with Crippen LogP contribution in [0.1, 0.15) is 28.8 Å².